The Kier molecular flexibility index (Phi) is 6.64. The van der Waals surface area contributed by atoms with E-state index in [9.17, 15) is 15.0 Å². The van der Waals surface area contributed by atoms with Gasteiger partial charge in [0.25, 0.3) is 0 Å². The highest BCUT2D eigenvalue weighted by Gasteiger charge is 2.60. The fourth-order valence-electron chi connectivity index (χ4n) is 9.32. The molecular weight excluding hydrogens is 396 g/mol. The third-order valence-electron chi connectivity index (χ3n) is 11.1. The fraction of sp³-hybridized carbons (Fsp3) is 0.897. The molecule has 2 saturated carbocycles. The van der Waals surface area contributed by atoms with Gasteiger partial charge < -0.3 is 10.2 Å². The number of aliphatic hydroxyl groups excluding tert-OH is 1. The SMILES string of the molecule is CC(C)CCC[C@@H](C)[C@H]1CC[C@H]2C3=C(CC[C@]12C)[C@@]1(C)C(C(=O)O)C[C@H](O)[C@H](C)[C@@H]1CC3. The molecule has 1 unspecified atom stereocenters. The summed E-state index contributed by atoms with van der Waals surface area (Å²) in [5, 5.41) is 20.8. The second kappa shape index (κ2) is 8.75. The van der Waals surface area contributed by atoms with Gasteiger partial charge in [-0.05, 0) is 85.9 Å². The van der Waals surface area contributed by atoms with Crippen molar-refractivity contribution in [1.29, 1.82) is 0 Å². The Bertz CT molecular complexity index is 754. The maximum absolute atomic E-state index is 12.4. The average molecular weight is 445 g/mol. The molecular formula is C29H48O3. The normalized spacial score (nSPS) is 44.8. The lowest BCUT2D eigenvalue weighted by Crippen LogP contribution is -2.55. The van der Waals surface area contributed by atoms with E-state index in [-0.39, 0.29) is 11.3 Å². The fourth-order valence-corrected chi connectivity index (χ4v) is 9.32. The maximum atomic E-state index is 12.4. The van der Waals surface area contributed by atoms with Gasteiger partial charge in [0.2, 0.25) is 0 Å². The summed E-state index contributed by atoms with van der Waals surface area (Å²) >= 11 is 0. The molecule has 182 valence electrons. The van der Waals surface area contributed by atoms with Crippen molar-refractivity contribution in [3.63, 3.8) is 0 Å². The van der Waals surface area contributed by atoms with Crippen molar-refractivity contribution in [3.8, 4) is 0 Å². The molecule has 0 aromatic carbocycles. The summed E-state index contributed by atoms with van der Waals surface area (Å²) in [6, 6.07) is 0. The van der Waals surface area contributed by atoms with E-state index in [1.54, 1.807) is 5.57 Å². The molecule has 0 aromatic rings. The zero-order valence-corrected chi connectivity index (χ0v) is 21.5. The molecule has 0 amide bonds. The Morgan fingerprint density at radius 1 is 1.09 bits per heavy atom. The molecule has 3 nitrogen and oxygen atoms in total. The molecule has 0 bridgehead atoms. The first-order chi connectivity index (χ1) is 15.0. The van der Waals surface area contributed by atoms with Gasteiger partial charge in [-0.3, -0.25) is 4.79 Å². The first kappa shape index (κ1) is 24.3. The van der Waals surface area contributed by atoms with Crippen LogP contribution in [0.1, 0.15) is 106 Å². The molecule has 9 atom stereocenters. The Labute approximate surface area is 196 Å². The van der Waals surface area contributed by atoms with Crippen molar-refractivity contribution in [2.45, 2.75) is 112 Å². The van der Waals surface area contributed by atoms with Gasteiger partial charge in [0.05, 0.1) is 12.0 Å². The number of hydrogen-bond donors (Lipinski definition) is 2. The largest absolute Gasteiger partial charge is 0.481 e. The van der Waals surface area contributed by atoms with Crippen molar-refractivity contribution in [2.75, 3.05) is 0 Å². The molecule has 2 fully saturated rings. The van der Waals surface area contributed by atoms with Gasteiger partial charge in [0.1, 0.15) is 0 Å². The van der Waals surface area contributed by atoms with Crippen molar-refractivity contribution in [1.82, 2.24) is 0 Å². The van der Waals surface area contributed by atoms with Crippen molar-refractivity contribution >= 4 is 5.97 Å². The summed E-state index contributed by atoms with van der Waals surface area (Å²) in [6.07, 6.45) is 11.1. The molecule has 0 heterocycles. The van der Waals surface area contributed by atoms with Crippen LogP contribution in [0.4, 0.5) is 0 Å². The Balaban J connectivity index is 1.62. The van der Waals surface area contributed by atoms with E-state index in [4.69, 9.17) is 0 Å². The number of rotatable bonds is 6. The summed E-state index contributed by atoms with van der Waals surface area (Å²) in [5.41, 5.74) is 3.28. The molecule has 32 heavy (non-hydrogen) atoms. The number of carboxylic acids is 1. The third-order valence-corrected chi connectivity index (χ3v) is 11.1. The molecule has 0 aromatic heterocycles. The molecule has 3 heteroatoms. The first-order valence-electron chi connectivity index (χ1n) is 13.6. The van der Waals surface area contributed by atoms with Gasteiger partial charge in [0.15, 0.2) is 0 Å². The highest BCUT2D eigenvalue weighted by molar-refractivity contribution is 5.72. The number of carbonyl (C=O) groups is 1. The van der Waals surface area contributed by atoms with Crippen LogP contribution in [0.2, 0.25) is 0 Å². The summed E-state index contributed by atoms with van der Waals surface area (Å²) in [7, 11) is 0. The topological polar surface area (TPSA) is 57.5 Å². The number of allylic oxidation sites excluding steroid dienone is 2. The van der Waals surface area contributed by atoms with E-state index in [1.807, 2.05) is 0 Å². The molecule has 0 spiro atoms. The third kappa shape index (κ3) is 3.69. The molecule has 4 aliphatic rings. The molecule has 0 radical (unpaired) electrons. The highest BCUT2D eigenvalue weighted by atomic mass is 16.4. The van der Waals surface area contributed by atoms with E-state index in [0.717, 1.165) is 37.0 Å². The van der Waals surface area contributed by atoms with E-state index in [2.05, 4.69) is 41.5 Å². The number of hydrogen-bond acceptors (Lipinski definition) is 2. The summed E-state index contributed by atoms with van der Waals surface area (Å²) in [6.45, 7) is 14.2. The van der Waals surface area contributed by atoms with Gasteiger partial charge in [-0.2, -0.15) is 0 Å². The lowest BCUT2D eigenvalue weighted by atomic mass is 9.46. The Hall–Kier alpha value is -0.830. The van der Waals surface area contributed by atoms with Gasteiger partial charge >= 0.3 is 5.97 Å². The van der Waals surface area contributed by atoms with Gasteiger partial charge in [-0.25, -0.2) is 0 Å². The maximum Gasteiger partial charge on any atom is 0.307 e. The number of carboxylic acid groups (broad SMARTS) is 1. The minimum Gasteiger partial charge on any atom is -0.481 e. The van der Waals surface area contributed by atoms with Crippen LogP contribution in [0.5, 0.6) is 0 Å². The van der Waals surface area contributed by atoms with Crippen LogP contribution in [-0.4, -0.2) is 22.3 Å². The molecule has 4 rings (SSSR count). The molecule has 2 N–H and O–H groups in total. The van der Waals surface area contributed by atoms with E-state index in [1.165, 1.54) is 44.1 Å². The summed E-state index contributed by atoms with van der Waals surface area (Å²) in [5.74, 6) is 2.38. The van der Waals surface area contributed by atoms with Crippen LogP contribution in [0, 0.1) is 52.3 Å². The zero-order valence-electron chi connectivity index (χ0n) is 21.5. The van der Waals surface area contributed by atoms with Crippen LogP contribution in [0.25, 0.3) is 0 Å². The number of aliphatic carboxylic acids is 1. The second-order valence-electron chi connectivity index (χ2n) is 13.0. The van der Waals surface area contributed by atoms with Crippen molar-refractivity contribution < 1.29 is 15.0 Å². The molecule has 0 aliphatic heterocycles. The summed E-state index contributed by atoms with van der Waals surface area (Å²) in [4.78, 5) is 12.4. The second-order valence-corrected chi connectivity index (χ2v) is 13.0. The van der Waals surface area contributed by atoms with Gasteiger partial charge in [-0.15, -0.1) is 0 Å². The van der Waals surface area contributed by atoms with E-state index in [0.29, 0.717) is 23.7 Å². The van der Waals surface area contributed by atoms with Crippen molar-refractivity contribution in [2.24, 2.45) is 52.3 Å². The van der Waals surface area contributed by atoms with Gasteiger partial charge in [0, 0.05) is 5.41 Å². The summed E-state index contributed by atoms with van der Waals surface area (Å²) < 4.78 is 0. The van der Waals surface area contributed by atoms with Crippen LogP contribution in [0.3, 0.4) is 0 Å². The van der Waals surface area contributed by atoms with Crippen LogP contribution in [-0.2, 0) is 4.79 Å². The smallest absolute Gasteiger partial charge is 0.307 e. The lowest BCUT2D eigenvalue weighted by molar-refractivity contribution is -0.157. The van der Waals surface area contributed by atoms with Gasteiger partial charge in [-0.1, -0.05) is 72.0 Å². The minimum absolute atomic E-state index is 0.190. The lowest BCUT2D eigenvalue weighted by Gasteiger charge is -2.58. The predicted molar refractivity (Wildman–Crippen MR) is 130 cm³/mol. The highest BCUT2D eigenvalue weighted by Crippen LogP contribution is 2.67. The Morgan fingerprint density at radius 2 is 1.81 bits per heavy atom. The standard InChI is InChI=1S/C29H48O3/c1-17(2)8-7-9-18(3)21-12-13-23-20-10-11-22-19(4)26(30)16-25(27(31)32)29(22,6)24(20)14-15-28(21,23)5/h17-19,21-23,25-26,30H,7-16H2,1-6H3,(H,31,32)/t18-,19-,21-,22+,23+,25?,26+,28-,29+/m1/s1. The van der Waals surface area contributed by atoms with E-state index < -0.39 is 18.0 Å². The van der Waals surface area contributed by atoms with Crippen LogP contribution in [0.15, 0.2) is 11.1 Å². The molecule has 0 saturated heterocycles. The van der Waals surface area contributed by atoms with Crippen molar-refractivity contribution in [3.05, 3.63) is 11.1 Å². The van der Waals surface area contributed by atoms with Crippen LogP contribution < -0.4 is 0 Å². The number of aliphatic hydroxyl groups is 1. The minimum atomic E-state index is -0.700. The zero-order chi connectivity index (χ0) is 23.4. The Morgan fingerprint density at radius 3 is 2.47 bits per heavy atom. The molecule has 4 aliphatic carbocycles. The van der Waals surface area contributed by atoms with Crippen LogP contribution >= 0.6 is 0 Å². The van der Waals surface area contributed by atoms with E-state index >= 15 is 0 Å². The number of fused-ring (bicyclic) bond motifs is 4. The first-order valence-corrected chi connectivity index (χ1v) is 13.6. The monoisotopic (exact) mass is 444 g/mol. The predicted octanol–water partition coefficient (Wildman–Crippen LogP) is 7.09. The quantitative estimate of drug-likeness (QED) is 0.430. The average Bonchev–Trinajstić information content (AvgIpc) is 3.07.